The molecule has 2 aliphatic rings. The lowest BCUT2D eigenvalue weighted by Crippen LogP contribution is -2.53. The lowest BCUT2D eigenvalue weighted by atomic mass is 9.97. The summed E-state index contributed by atoms with van der Waals surface area (Å²) in [4.78, 5) is 43.4. The Morgan fingerprint density at radius 3 is 2.51 bits per heavy atom. The minimum absolute atomic E-state index is 0.119. The minimum atomic E-state index is -3.97. The number of nitrogens with one attached hydrogen (secondary N) is 2. The number of carbonyl (C=O) groups excluding carboxylic acids is 3. The number of aromatic nitrogens is 3. The van der Waals surface area contributed by atoms with Crippen LogP contribution >= 0.6 is 0 Å². The van der Waals surface area contributed by atoms with Gasteiger partial charge in [0.05, 0.1) is 12.6 Å². The standard InChI is InChI=1S/C25H34N6O5S/c1-17-10-11-19(22(32)16-31(17)37(35,36)23-9-5-6-13-26-23)28-24(33)20(15-18-7-3-4-8-18)29-25(34)21-12-14-27-30(21)2/h5-6,9,12-14,17-20H,3-4,7-8,10-11,15-16H2,1-2H3,(H,28,33)(H,29,34)/t17-,19+,20+/m1/s1. The van der Waals surface area contributed by atoms with E-state index in [1.54, 1.807) is 32.2 Å². The molecule has 2 aromatic rings. The van der Waals surface area contributed by atoms with Crippen LogP contribution in [0.4, 0.5) is 0 Å². The smallest absolute Gasteiger partial charge is 0.270 e. The zero-order valence-corrected chi connectivity index (χ0v) is 22.0. The van der Waals surface area contributed by atoms with Gasteiger partial charge in [0.1, 0.15) is 11.7 Å². The van der Waals surface area contributed by atoms with E-state index < -0.39 is 45.7 Å². The maximum Gasteiger partial charge on any atom is 0.270 e. The van der Waals surface area contributed by atoms with E-state index in [1.807, 2.05) is 0 Å². The first-order chi connectivity index (χ1) is 17.7. The first kappa shape index (κ1) is 26.9. The van der Waals surface area contributed by atoms with Crippen LogP contribution in [0.3, 0.4) is 0 Å². The highest BCUT2D eigenvalue weighted by atomic mass is 32.2. The Morgan fingerprint density at radius 1 is 1.11 bits per heavy atom. The molecular formula is C25H34N6O5S. The molecule has 1 aliphatic heterocycles. The average Bonchev–Trinajstić information content (AvgIpc) is 3.53. The zero-order chi connectivity index (χ0) is 26.6. The van der Waals surface area contributed by atoms with Gasteiger partial charge in [0.25, 0.3) is 15.9 Å². The van der Waals surface area contributed by atoms with Crippen molar-refractivity contribution in [1.82, 2.24) is 29.7 Å². The molecule has 11 nitrogen and oxygen atoms in total. The Balaban J connectivity index is 1.47. The van der Waals surface area contributed by atoms with Gasteiger partial charge in [-0.05, 0) is 50.3 Å². The average molecular weight is 531 g/mol. The van der Waals surface area contributed by atoms with E-state index in [0.717, 1.165) is 30.0 Å². The van der Waals surface area contributed by atoms with Gasteiger partial charge < -0.3 is 10.6 Å². The van der Waals surface area contributed by atoms with Crippen LogP contribution in [0, 0.1) is 5.92 Å². The summed E-state index contributed by atoms with van der Waals surface area (Å²) in [5, 5.41) is 9.55. The summed E-state index contributed by atoms with van der Waals surface area (Å²) < 4.78 is 28.9. The molecule has 200 valence electrons. The van der Waals surface area contributed by atoms with Gasteiger partial charge in [0, 0.05) is 25.5 Å². The monoisotopic (exact) mass is 530 g/mol. The Kier molecular flexibility index (Phi) is 8.38. The molecule has 12 heteroatoms. The highest BCUT2D eigenvalue weighted by Gasteiger charge is 2.38. The summed E-state index contributed by atoms with van der Waals surface area (Å²) in [6.45, 7) is 1.38. The second-order valence-corrected chi connectivity index (χ2v) is 11.8. The molecule has 3 atom stereocenters. The van der Waals surface area contributed by atoms with Crippen molar-refractivity contribution in [2.75, 3.05) is 6.54 Å². The van der Waals surface area contributed by atoms with Crippen LogP contribution in [0.1, 0.15) is 62.4 Å². The van der Waals surface area contributed by atoms with Crippen molar-refractivity contribution >= 4 is 27.6 Å². The molecule has 2 fully saturated rings. The van der Waals surface area contributed by atoms with Crippen LogP contribution < -0.4 is 10.6 Å². The van der Waals surface area contributed by atoms with E-state index in [1.165, 1.54) is 23.1 Å². The van der Waals surface area contributed by atoms with Gasteiger partial charge in [-0.2, -0.15) is 9.40 Å². The highest BCUT2D eigenvalue weighted by molar-refractivity contribution is 7.89. The topological polar surface area (TPSA) is 143 Å². The molecule has 1 saturated heterocycles. The van der Waals surface area contributed by atoms with Gasteiger partial charge in [0.15, 0.2) is 10.8 Å². The Hall–Kier alpha value is -3.12. The number of rotatable bonds is 8. The third-order valence-electron chi connectivity index (χ3n) is 7.31. The molecule has 1 saturated carbocycles. The fourth-order valence-electron chi connectivity index (χ4n) is 5.14. The minimum Gasteiger partial charge on any atom is -0.344 e. The number of carbonyl (C=O) groups is 3. The molecule has 2 N–H and O–H groups in total. The number of hydrogen-bond donors (Lipinski definition) is 2. The van der Waals surface area contributed by atoms with E-state index in [9.17, 15) is 22.8 Å². The molecule has 0 spiro atoms. The Bertz CT molecular complexity index is 1230. The van der Waals surface area contributed by atoms with Crippen LogP contribution in [0.5, 0.6) is 0 Å². The molecule has 1 aliphatic carbocycles. The zero-order valence-electron chi connectivity index (χ0n) is 21.2. The largest absolute Gasteiger partial charge is 0.344 e. The summed E-state index contributed by atoms with van der Waals surface area (Å²) in [5.41, 5.74) is 0.332. The molecule has 2 amide bonds. The van der Waals surface area contributed by atoms with Crippen LogP contribution in [-0.2, 0) is 26.7 Å². The summed E-state index contributed by atoms with van der Waals surface area (Å²) in [7, 11) is -2.32. The number of hydrogen-bond acceptors (Lipinski definition) is 7. The lowest BCUT2D eigenvalue weighted by molar-refractivity contribution is -0.129. The molecular weight excluding hydrogens is 496 g/mol. The second kappa shape index (κ2) is 11.5. The molecule has 3 heterocycles. The lowest BCUT2D eigenvalue weighted by Gasteiger charge is -2.25. The quantitative estimate of drug-likeness (QED) is 0.525. The van der Waals surface area contributed by atoms with Gasteiger partial charge in [-0.15, -0.1) is 0 Å². The van der Waals surface area contributed by atoms with Gasteiger partial charge in [-0.3, -0.25) is 19.1 Å². The van der Waals surface area contributed by atoms with Crippen LogP contribution in [0.2, 0.25) is 0 Å². The highest BCUT2D eigenvalue weighted by Crippen LogP contribution is 2.29. The number of ketones is 1. The molecule has 0 unspecified atom stereocenters. The summed E-state index contributed by atoms with van der Waals surface area (Å²) in [6.07, 6.45) is 8.23. The first-order valence-electron chi connectivity index (χ1n) is 12.7. The molecule has 2 aromatic heterocycles. The maximum atomic E-state index is 13.4. The van der Waals surface area contributed by atoms with E-state index in [4.69, 9.17) is 0 Å². The fourth-order valence-corrected chi connectivity index (χ4v) is 6.70. The number of nitrogens with zero attached hydrogens (tertiary/aromatic N) is 4. The SMILES string of the molecule is C[C@@H]1CC[C@H](NC(=O)[C@H](CC2CCCC2)NC(=O)c2ccnn2C)C(=O)CN1S(=O)(=O)c1ccccn1. The maximum absolute atomic E-state index is 13.4. The number of sulfonamides is 1. The van der Waals surface area contributed by atoms with Crippen molar-refractivity contribution in [3.63, 3.8) is 0 Å². The van der Waals surface area contributed by atoms with Crippen LogP contribution in [0.25, 0.3) is 0 Å². The van der Waals surface area contributed by atoms with Crippen molar-refractivity contribution in [3.05, 3.63) is 42.4 Å². The molecule has 37 heavy (non-hydrogen) atoms. The van der Waals surface area contributed by atoms with Crippen molar-refractivity contribution in [2.45, 2.75) is 75.0 Å². The molecule has 4 rings (SSSR count). The fraction of sp³-hybridized carbons (Fsp3) is 0.560. The van der Waals surface area contributed by atoms with E-state index in [2.05, 4.69) is 20.7 Å². The van der Waals surface area contributed by atoms with Crippen LogP contribution in [-0.4, -0.2) is 69.8 Å². The third kappa shape index (κ3) is 6.24. The second-order valence-electron chi connectivity index (χ2n) is 9.92. The predicted molar refractivity (Wildman–Crippen MR) is 135 cm³/mol. The van der Waals surface area contributed by atoms with Gasteiger partial charge in [0.2, 0.25) is 5.91 Å². The number of pyridine rings is 1. The molecule has 0 bridgehead atoms. The van der Waals surface area contributed by atoms with Gasteiger partial charge >= 0.3 is 0 Å². The summed E-state index contributed by atoms with van der Waals surface area (Å²) in [6, 6.07) is 4.07. The number of amides is 2. The third-order valence-corrected chi connectivity index (χ3v) is 9.19. The number of Topliss-reactive ketones (excluding diaryl/α,β-unsaturated/α-hetero) is 1. The normalized spacial score (nSPS) is 22.4. The number of aryl methyl sites for hydroxylation is 1. The van der Waals surface area contributed by atoms with Gasteiger partial charge in [-0.25, -0.2) is 13.4 Å². The van der Waals surface area contributed by atoms with Crippen molar-refractivity contribution in [1.29, 1.82) is 0 Å². The predicted octanol–water partition coefficient (Wildman–Crippen LogP) is 1.42. The van der Waals surface area contributed by atoms with E-state index in [0.29, 0.717) is 30.9 Å². The summed E-state index contributed by atoms with van der Waals surface area (Å²) in [5.74, 6) is -0.928. The van der Waals surface area contributed by atoms with Crippen molar-refractivity contribution < 1.29 is 22.8 Å². The van der Waals surface area contributed by atoms with E-state index in [-0.39, 0.29) is 11.6 Å². The molecule has 0 aromatic carbocycles. The first-order valence-corrected chi connectivity index (χ1v) is 14.2. The van der Waals surface area contributed by atoms with Gasteiger partial charge in [-0.1, -0.05) is 31.7 Å². The summed E-state index contributed by atoms with van der Waals surface area (Å²) >= 11 is 0. The Labute approximate surface area is 217 Å². The molecule has 0 radical (unpaired) electrons. The van der Waals surface area contributed by atoms with Crippen molar-refractivity contribution in [2.24, 2.45) is 13.0 Å². The van der Waals surface area contributed by atoms with E-state index >= 15 is 0 Å². The Morgan fingerprint density at radius 2 is 1.86 bits per heavy atom. The van der Waals surface area contributed by atoms with Crippen LogP contribution in [0.15, 0.2) is 41.7 Å². The van der Waals surface area contributed by atoms with Crippen molar-refractivity contribution in [3.8, 4) is 0 Å².